The van der Waals surface area contributed by atoms with Gasteiger partial charge in [0.25, 0.3) is 0 Å². The Bertz CT molecular complexity index is 294. The van der Waals surface area contributed by atoms with Gasteiger partial charge in [0, 0.05) is 0 Å². The van der Waals surface area contributed by atoms with Crippen LogP contribution in [-0.2, 0) is 0 Å². The first-order valence-electron chi connectivity index (χ1n) is 7.79. The molecule has 0 N–H and O–H groups in total. The Kier molecular flexibility index (Phi) is 2.04. The van der Waals surface area contributed by atoms with Crippen molar-refractivity contribution in [2.24, 2.45) is 47.3 Å². The van der Waals surface area contributed by atoms with Crippen molar-refractivity contribution in [1.82, 2.24) is 0 Å². The van der Waals surface area contributed by atoms with Crippen molar-refractivity contribution < 1.29 is 0 Å². The molecule has 90 valence electrons. The van der Waals surface area contributed by atoms with Crippen LogP contribution in [0.5, 0.6) is 0 Å². The Morgan fingerprint density at radius 1 is 0.875 bits per heavy atom. The number of hydrogen-bond donors (Lipinski definition) is 0. The molecule has 4 bridgehead atoms. The van der Waals surface area contributed by atoms with Crippen LogP contribution in [0.3, 0.4) is 0 Å². The first-order valence-corrected chi connectivity index (χ1v) is 7.79. The summed E-state index contributed by atoms with van der Waals surface area (Å²) in [6.07, 6.45) is 9.44. The molecule has 8 unspecified atom stereocenters. The summed E-state index contributed by atoms with van der Waals surface area (Å²) in [4.78, 5) is 0. The first kappa shape index (κ1) is 9.97. The van der Waals surface area contributed by atoms with Gasteiger partial charge < -0.3 is 0 Å². The van der Waals surface area contributed by atoms with Crippen molar-refractivity contribution in [1.29, 1.82) is 0 Å². The van der Waals surface area contributed by atoms with E-state index in [1.165, 1.54) is 42.4 Å². The van der Waals surface area contributed by atoms with Crippen LogP contribution in [0.15, 0.2) is 0 Å². The van der Waals surface area contributed by atoms with E-state index >= 15 is 0 Å². The highest BCUT2D eigenvalue weighted by atomic mass is 14.7. The zero-order valence-electron chi connectivity index (χ0n) is 10.9. The smallest absolute Gasteiger partial charge is 0.0318 e. The maximum Gasteiger partial charge on any atom is -0.0318 e. The molecule has 0 radical (unpaired) electrons. The van der Waals surface area contributed by atoms with Gasteiger partial charge in [-0.1, -0.05) is 26.7 Å². The SMILES string of the molecule is CCCC1CC2CC1C1C3CC(CC3C)C21. The lowest BCUT2D eigenvalue weighted by molar-refractivity contribution is 0.0751. The predicted octanol–water partition coefficient (Wildman–Crippen LogP) is 4.35. The predicted molar refractivity (Wildman–Crippen MR) is 67.0 cm³/mol. The van der Waals surface area contributed by atoms with E-state index in [0.717, 1.165) is 17.8 Å². The highest BCUT2D eigenvalue weighted by Crippen LogP contribution is 2.70. The van der Waals surface area contributed by atoms with Crippen molar-refractivity contribution in [3.05, 3.63) is 0 Å². The standard InChI is InChI=1S/C16H26/c1-3-4-10-6-12-8-14(10)16-13-7-11(15(12)16)5-9(13)2/h9-16H,3-8H2,1-2H3. The molecule has 4 aliphatic carbocycles. The molecular weight excluding hydrogens is 192 g/mol. The summed E-state index contributed by atoms with van der Waals surface area (Å²) in [5.41, 5.74) is 0. The third-order valence-electron chi connectivity index (χ3n) is 6.95. The van der Waals surface area contributed by atoms with Gasteiger partial charge in [0.1, 0.15) is 0 Å². The van der Waals surface area contributed by atoms with E-state index in [9.17, 15) is 0 Å². The minimum atomic E-state index is 1.08. The average Bonchev–Trinajstić information content (AvgIpc) is 2.92. The van der Waals surface area contributed by atoms with Crippen LogP contribution < -0.4 is 0 Å². The van der Waals surface area contributed by atoms with Crippen molar-refractivity contribution in [3.63, 3.8) is 0 Å². The minimum Gasteiger partial charge on any atom is -0.0654 e. The van der Waals surface area contributed by atoms with Crippen LogP contribution in [0, 0.1) is 47.3 Å². The van der Waals surface area contributed by atoms with Crippen molar-refractivity contribution in [2.45, 2.75) is 52.4 Å². The fourth-order valence-electron chi connectivity index (χ4n) is 6.77. The van der Waals surface area contributed by atoms with E-state index < -0.39 is 0 Å². The van der Waals surface area contributed by atoms with Crippen LogP contribution in [0.25, 0.3) is 0 Å². The third-order valence-corrected chi connectivity index (χ3v) is 6.95. The largest absolute Gasteiger partial charge is 0.0654 e. The quantitative estimate of drug-likeness (QED) is 0.604. The topological polar surface area (TPSA) is 0 Å². The molecule has 0 spiro atoms. The molecule has 4 rings (SSSR count). The Hall–Kier alpha value is 0. The summed E-state index contributed by atoms with van der Waals surface area (Å²) in [6.45, 7) is 4.93. The van der Waals surface area contributed by atoms with Crippen LogP contribution in [0.1, 0.15) is 52.4 Å². The first-order chi connectivity index (χ1) is 7.79. The molecule has 4 saturated carbocycles. The summed E-state index contributed by atoms with van der Waals surface area (Å²) >= 11 is 0. The van der Waals surface area contributed by atoms with Crippen LogP contribution in [0.4, 0.5) is 0 Å². The molecule has 0 amide bonds. The van der Waals surface area contributed by atoms with Crippen molar-refractivity contribution in [3.8, 4) is 0 Å². The summed E-state index contributed by atoms with van der Waals surface area (Å²) in [5.74, 6) is 9.30. The average molecular weight is 218 g/mol. The Morgan fingerprint density at radius 2 is 1.62 bits per heavy atom. The summed E-state index contributed by atoms with van der Waals surface area (Å²) in [6, 6.07) is 0. The van der Waals surface area contributed by atoms with Gasteiger partial charge in [0.15, 0.2) is 0 Å². The summed E-state index contributed by atoms with van der Waals surface area (Å²) in [5, 5.41) is 0. The maximum absolute atomic E-state index is 2.54. The Labute approximate surface area is 100 Å². The van der Waals surface area contributed by atoms with Gasteiger partial charge in [-0.2, -0.15) is 0 Å². The van der Waals surface area contributed by atoms with E-state index in [1.54, 1.807) is 25.7 Å². The fraction of sp³-hybridized carbons (Fsp3) is 1.00. The molecule has 0 heterocycles. The molecule has 16 heavy (non-hydrogen) atoms. The van der Waals surface area contributed by atoms with E-state index in [-0.39, 0.29) is 0 Å². The monoisotopic (exact) mass is 218 g/mol. The number of rotatable bonds is 2. The van der Waals surface area contributed by atoms with E-state index in [2.05, 4.69) is 13.8 Å². The second-order valence-electron chi connectivity index (χ2n) is 7.47. The lowest BCUT2D eigenvalue weighted by Gasteiger charge is -2.41. The maximum atomic E-state index is 2.54. The molecule has 0 nitrogen and oxygen atoms in total. The lowest BCUT2D eigenvalue weighted by atomic mass is 9.64. The van der Waals surface area contributed by atoms with Gasteiger partial charge in [-0.25, -0.2) is 0 Å². The second-order valence-corrected chi connectivity index (χ2v) is 7.47. The van der Waals surface area contributed by atoms with Crippen LogP contribution in [-0.4, -0.2) is 0 Å². The van der Waals surface area contributed by atoms with Gasteiger partial charge in [-0.05, 0) is 73.0 Å². The van der Waals surface area contributed by atoms with E-state index in [0.29, 0.717) is 0 Å². The normalized spacial score (nSPS) is 61.9. The highest BCUT2D eigenvalue weighted by Gasteiger charge is 2.63. The van der Waals surface area contributed by atoms with E-state index in [4.69, 9.17) is 0 Å². The molecule has 0 aliphatic heterocycles. The highest BCUT2D eigenvalue weighted by molar-refractivity contribution is 5.11. The van der Waals surface area contributed by atoms with Gasteiger partial charge in [-0.15, -0.1) is 0 Å². The van der Waals surface area contributed by atoms with E-state index in [1.807, 2.05) is 0 Å². The van der Waals surface area contributed by atoms with Crippen LogP contribution in [0.2, 0.25) is 0 Å². The van der Waals surface area contributed by atoms with Crippen molar-refractivity contribution in [2.75, 3.05) is 0 Å². The minimum absolute atomic E-state index is 1.08. The number of hydrogen-bond acceptors (Lipinski definition) is 0. The molecular formula is C16H26. The zero-order chi connectivity index (χ0) is 10.9. The zero-order valence-corrected chi connectivity index (χ0v) is 10.9. The van der Waals surface area contributed by atoms with Gasteiger partial charge >= 0.3 is 0 Å². The summed E-state index contributed by atoms with van der Waals surface area (Å²) in [7, 11) is 0. The van der Waals surface area contributed by atoms with Crippen molar-refractivity contribution >= 4 is 0 Å². The second kappa shape index (κ2) is 3.27. The molecule has 0 aromatic heterocycles. The lowest BCUT2D eigenvalue weighted by Crippen LogP contribution is -2.35. The third kappa shape index (κ3) is 1.07. The molecule has 0 aromatic rings. The van der Waals surface area contributed by atoms with Crippen LogP contribution >= 0.6 is 0 Å². The Balaban J connectivity index is 1.61. The van der Waals surface area contributed by atoms with Gasteiger partial charge in [0.2, 0.25) is 0 Å². The molecule has 0 aromatic carbocycles. The molecule has 0 heteroatoms. The fourth-order valence-corrected chi connectivity index (χ4v) is 6.77. The number of fused-ring (bicyclic) bond motifs is 9. The molecule has 4 fully saturated rings. The molecule has 0 saturated heterocycles. The summed E-state index contributed by atoms with van der Waals surface area (Å²) < 4.78 is 0. The molecule has 8 atom stereocenters. The Morgan fingerprint density at radius 3 is 2.44 bits per heavy atom. The van der Waals surface area contributed by atoms with Gasteiger partial charge in [0.05, 0.1) is 0 Å². The molecule has 4 aliphatic rings. The van der Waals surface area contributed by atoms with Gasteiger partial charge in [-0.3, -0.25) is 0 Å².